The van der Waals surface area contributed by atoms with Crippen molar-refractivity contribution in [3.63, 3.8) is 0 Å². The highest BCUT2D eigenvalue weighted by Gasteiger charge is 2.09. The van der Waals surface area contributed by atoms with Crippen molar-refractivity contribution in [1.82, 2.24) is 4.57 Å². The van der Waals surface area contributed by atoms with E-state index in [0.717, 1.165) is 29.6 Å². The highest BCUT2D eigenvalue weighted by molar-refractivity contribution is 5.96. The van der Waals surface area contributed by atoms with Crippen LogP contribution in [0.3, 0.4) is 0 Å². The van der Waals surface area contributed by atoms with Gasteiger partial charge in [-0.25, -0.2) is 4.79 Å². The molecule has 0 saturated heterocycles. The number of anilines is 1. The number of carbonyl (C=O) groups is 1. The van der Waals surface area contributed by atoms with E-state index in [1.807, 2.05) is 42.6 Å². The Balaban J connectivity index is 1.87. The average molecular weight is 334 g/mol. The predicted octanol–water partition coefficient (Wildman–Crippen LogP) is 4.27. The summed E-state index contributed by atoms with van der Waals surface area (Å²) in [6.45, 7) is 3.31. The molecule has 0 radical (unpaired) electrons. The lowest BCUT2D eigenvalue weighted by Gasteiger charge is -2.19. The molecular weight excluding hydrogens is 312 g/mol. The van der Waals surface area contributed by atoms with Crippen molar-refractivity contribution in [3.05, 3.63) is 71.9 Å². The fourth-order valence-electron chi connectivity index (χ4n) is 2.94. The number of rotatable bonds is 6. The van der Waals surface area contributed by atoms with Gasteiger partial charge in [0.15, 0.2) is 0 Å². The molecule has 0 aliphatic carbocycles. The first kappa shape index (κ1) is 16.8. The summed E-state index contributed by atoms with van der Waals surface area (Å²) in [7, 11) is 2.08. The Morgan fingerprint density at radius 1 is 1.12 bits per heavy atom. The Hall–Kier alpha value is -3.01. The van der Waals surface area contributed by atoms with Gasteiger partial charge in [-0.15, -0.1) is 0 Å². The van der Waals surface area contributed by atoms with E-state index in [2.05, 4.69) is 34.7 Å². The van der Waals surface area contributed by atoms with Gasteiger partial charge in [-0.2, -0.15) is 0 Å². The van der Waals surface area contributed by atoms with Crippen LogP contribution in [0.1, 0.15) is 12.5 Å². The minimum absolute atomic E-state index is 0.337. The third-order valence-corrected chi connectivity index (χ3v) is 4.40. The molecule has 1 aromatic heterocycles. The van der Waals surface area contributed by atoms with Crippen LogP contribution in [0.2, 0.25) is 0 Å². The third kappa shape index (κ3) is 3.74. The second kappa shape index (κ2) is 7.26. The van der Waals surface area contributed by atoms with Crippen LogP contribution in [0, 0.1) is 0 Å². The van der Waals surface area contributed by atoms with Gasteiger partial charge in [-0.05, 0) is 31.2 Å². The van der Waals surface area contributed by atoms with Gasteiger partial charge < -0.3 is 14.6 Å². The van der Waals surface area contributed by atoms with Crippen LogP contribution < -0.4 is 4.90 Å². The van der Waals surface area contributed by atoms with Crippen LogP contribution >= 0.6 is 0 Å². The molecule has 3 rings (SSSR count). The fraction of sp³-hybridized carbons (Fsp3) is 0.190. The summed E-state index contributed by atoms with van der Waals surface area (Å²) in [5.41, 5.74) is 3.58. The number of benzene rings is 2. The largest absolute Gasteiger partial charge is 0.478 e. The normalized spacial score (nSPS) is 11.7. The highest BCUT2D eigenvalue weighted by atomic mass is 16.4. The molecule has 4 nitrogen and oxygen atoms in total. The molecular formula is C21H22N2O2. The van der Waals surface area contributed by atoms with E-state index in [0.29, 0.717) is 5.57 Å². The molecule has 1 heterocycles. The molecule has 0 aliphatic heterocycles. The van der Waals surface area contributed by atoms with Gasteiger partial charge in [0, 0.05) is 54.1 Å². The fourth-order valence-corrected chi connectivity index (χ4v) is 2.94. The summed E-state index contributed by atoms with van der Waals surface area (Å²) in [6.07, 6.45) is 3.78. The van der Waals surface area contributed by atoms with E-state index in [1.54, 1.807) is 13.0 Å². The van der Waals surface area contributed by atoms with Crippen molar-refractivity contribution in [2.75, 3.05) is 18.5 Å². The van der Waals surface area contributed by atoms with E-state index in [1.165, 1.54) is 5.69 Å². The van der Waals surface area contributed by atoms with Crippen LogP contribution in [0.5, 0.6) is 0 Å². The van der Waals surface area contributed by atoms with Crippen LogP contribution in [-0.4, -0.2) is 29.2 Å². The van der Waals surface area contributed by atoms with E-state index in [-0.39, 0.29) is 0 Å². The molecule has 128 valence electrons. The Morgan fingerprint density at radius 2 is 1.80 bits per heavy atom. The summed E-state index contributed by atoms with van der Waals surface area (Å²) in [6, 6.07) is 18.4. The van der Waals surface area contributed by atoms with E-state index in [4.69, 9.17) is 5.11 Å². The van der Waals surface area contributed by atoms with Crippen molar-refractivity contribution in [2.24, 2.45) is 0 Å². The van der Waals surface area contributed by atoms with Gasteiger partial charge >= 0.3 is 5.97 Å². The maximum atomic E-state index is 11.1. The Bertz CT molecular complexity index is 910. The number of carboxylic acids is 1. The molecule has 0 amide bonds. The number of hydrogen-bond donors (Lipinski definition) is 1. The van der Waals surface area contributed by atoms with Gasteiger partial charge in [0.2, 0.25) is 0 Å². The molecule has 0 spiro atoms. The first-order chi connectivity index (χ1) is 12.1. The van der Waals surface area contributed by atoms with E-state index < -0.39 is 5.97 Å². The molecule has 0 unspecified atom stereocenters. The number of nitrogens with zero attached hydrogens (tertiary/aromatic N) is 2. The maximum absolute atomic E-state index is 11.1. The summed E-state index contributed by atoms with van der Waals surface area (Å²) < 4.78 is 2.19. The molecule has 0 saturated carbocycles. The van der Waals surface area contributed by atoms with Gasteiger partial charge in [0.25, 0.3) is 0 Å². The third-order valence-electron chi connectivity index (χ3n) is 4.40. The smallest absolute Gasteiger partial charge is 0.331 e. The van der Waals surface area contributed by atoms with Crippen molar-refractivity contribution in [2.45, 2.75) is 13.5 Å². The number of para-hydroxylation sites is 2. The Labute approximate surface area is 147 Å². The SMILES string of the molecule is C/C(=C\c1cn(CCN(C)c2ccccc2)c2ccccc12)C(=O)O. The molecule has 0 fully saturated rings. The summed E-state index contributed by atoms with van der Waals surface area (Å²) in [4.78, 5) is 13.4. The Morgan fingerprint density at radius 3 is 2.52 bits per heavy atom. The highest BCUT2D eigenvalue weighted by Crippen LogP contribution is 2.24. The molecule has 2 aromatic carbocycles. The van der Waals surface area contributed by atoms with Crippen LogP contribution in [0.4, 0.5) is 5.69 Å². The predicted molar refractivity (Wildman–Crippen MR) is 103 cm³/mol. The number of likely N-dealkylation sites (N-methyl/N-ethyl adjacent to an activating group) is 1. The number of hydrogen-bond acceptors (Lipinski definition) is 2. The lowest BCUT2D eigenvalue weighted by atomic mass is 10.1. The molecule has 1 N–H and O–H groups in total. The molecule has 0 atom stereocenters. The van der Waals surface area contributed by atoms with Crippen molar-refractivity contribution >= 4 is 28.6 Å². The zero-order valence-corrected chi connectivity index (χ0v) is 14.5. The number of aliphatic carboxylic acids is 1. The van der Waals surface area contributed by atoms with Crippen molar-refractivity contribution in [3.8, 4) is 0 Å². The zero-order chi connectivity index (χ0) is 17.8. The topological polar surface area (TPSA) is 45.5 Å². The summed E-state index contributed by atoms with van der Waals surface area (Å²) in [5, 5.41) is 10.2. The minimum Gasteiger partial charge on any atom is -0.478 e. The molecule has 0 aliphatic rings. The number of fused-ring (bicyclic) bond motifs is 1. The van der Waals surface area contributed by atoms with Gasteiger partial charge in [0.05, 0.1) is 0 Å². The second-order valence-corrected chi connectivity index (χ2v) is 6.18. The number of carboxylic acid groups (broad SMARTS) is 1. The zero-order valence-electron chi connectivity index (χ0n) is 14.5. The molecule has 25 heavy (non-hydrogen) atoms. The number of aromatic nitrogens is 1. The van der Waals surface area contributed by atoms with Crippen LogP contribution in [-0.2, 0) is 11.3 Å². The van der Waals surface area contributed by atoms with Gasteiger partial charge in [-0.3, -0.25) is 0 Å². The average Bonchev–Trinajstić information content (AvgIpc) is 2.98. The molecule has 4 heteroatoms. The monoisotopic (exact) mass is 334 g/mol. The van der Waals surface area contributed by atoms with Gasteiger partial charge in [-0.1, -0.05) is 36.4 Å². The van der Waals surface area contributed by atoms with Crippen LogP contribution in [0.15, 0.2) is 66.4 Å². The lowest BCUT2D eigenvalue weighted by Crippen LogP contribution is -2.22. The van der Waals surface area contributed by atoms with Gasteiger partial charge in [0.1, 0.15) is 0 Å². The molecule has 0 bridgehead atoms. The first-order valence-corrected chi connectivity index (χ1v) is 8.32. The summed E-state index contributed by atoms with van der Waals surface area (Å²) >= 11 is 0. The van der Waals surface area contributed by atoms with Crippen molar-refractivity contribution in [1.29, 1.82) is 0 Å². The first-order valence-electron chi connectivity index (χ1n) is 8.32. The standard InChI is InChI=1S/C21H22N2O2/c1-16(21(24)25)14-17-15-23(20-11-7-6-10-19(17)20)13-12-22(2)18-8-4-3-5-9-18/h3-11,14-15H,12-13H2,1-2H3,(H,24,25)/b16-14+. The maximum Gasteiger partial charge on any atom is 0.331 e. The second-order valence-electron chi connectivity index (χ2n) is 6.18. The van der Waals surface area contributed by atoms with E-state index in [9.17, 15) is 4.79 Å². The van der Waals surface area contributed by atoms with Crippen molar-refractivity contribution < 1.29 is 9.90 Å². The van der Waals surface area contributed by atoms with E-state index >= 15 is 0 Å². The lowest BCUT2D eigenvalue weighted by molar-refractivity contribution is -0.132. The quantitative estimate of drug-likeness (QED) is 0.685. The Kier molecular flexibility index (Phi) is 4.89. The summed E-state index contributed by atoms with van der Waals surface area (Å²) in [5.74, 6) is -0.888. The minimum atomic E-state index is -0.888. The van der Waals surface area contributed by atoms with Crippen LogP contribution in [0.25, 0.3) is 17.0 Å². The molecule has 3 aromatic rings.